The smallest absolute Gasteiger partial charge is 0.254 e. The molecule has 31 heavy (non-hydrogen) atoms. The van der Waals surface area contributed by atoms with Crippen molar-refractivity contribution in [3.05, 3.63) is 70.5 Å². The molecule has 1 aliphatic heterocycles. The van der Waals surface area contributed by atoms with E-state index in [-0.39, 0.29) is 23.9 Å². The minimum atomic E-state index is -0.380. The Kier molecular flexibility index (Phi) is 6.02. The van der Waals surface area contributed by atoms with E-state index in [1.165, 1.54) is 17.7 Å². The van der Waals surface area contributed by atoms with Crippen molar-refractivity contribution in [3.8, 4) is 5.75 Å². The lowest BCUT2D eigenvalue weighted by Gasteiger charge is -2.27. The van der Waals surface area contributed by atoms with Gasteiger partial charge in [0.2, 0.25) is 5.91 Å². The van der Waals surface area contributed by atoms with E-state index < -0.39 is 0 Å². The number of hydrogen-bond donors (Lipinski definition) is 1. The largest absolute Gasteiger partial charge is 0.495 e. The number of methoxy groups -OCH3 is 1. The summed E-state index contributed by atoms with van der Waals surface area (Å²) in [6, 6.07) is 15.7. The van der Waals surface area contributed by atoms with Gasteiger partial charge in [-0.1, -0.05) is 30.3 Å². The summed E-state index contributed by atoms with van der Waals surface area (Å²) < 4.78 is 6.66. The van der Waals surface area contributed by atoms with Crippen molar-refractivity contribution in [2.24, 2.45) is 0 Å². The molecule has 2 aromatic carbocycles. The zero-order valence-corrected chi connectivity index (χ0v) is 17.5. The third kappa shape index (κ3) is 4.30. The number of aromatic nitrogens is 1. The Labute approximate surface area is 180 Å². The van der Waals surface area contributed by atoms with Gasteiger partial charge in [0.1, 0.15) is 12.3 Å². The molecule has 0 radical (unpaired) electrons. The molecule has 0 atom stereocenters. The summed E-state index contributed by atoms with van der Waals surface area (Å²) in [4.78, 5) is 40.6. The summed E-state index contributed by atoms with van der Waals surface area (Å²) in [5.74, 6) is 0.0565. The Bertz CT molecular complexity index is 1180. The molecule has 1 aromatic heterocycles. The zero-order chi connectivity index (χ0) is 21.8. The van der Waals surface area contributed by atoms with E-state index >= 15 is 0 Å². The number of benzene rings is 2. The highest BCUT2D eigenvalue weighted by atomic mass is 16.5. The number of hydrogen-bond acceptors (Lipinski definition) is 4. The maximum atomic E-state index is 13.1. The molecule has 3 aromatic rings. The van der Waals surface area contributed by atoms with Gasteiger partial charge >= 0.3 is 0 Å². The average Bonchev–Trinajstić information content (AvgIpc) is 2.81. The van der Waals surface area contributed by atoms with Crippen LogP contribution in [0, 0.1) is 0 Å². The molecule has 0 bridgehead atoms. The summed E-state index contributed by atoms with van der Waals surface area (Å²) in [6.07, 6.45) is 3.07. The maximum Gasteiger partial charge on any atom is 0.254 e. The molecular weight excluding hydrogens is 394 g/mol. The summed E-state index contributed by atoms with van der Waals surface area (Å²) in [5.41, 5.74) is 1.10. The molecule has 0 unspecified atom stereocenters. The molecule has 2 amide bonds. The van der Waals surface area contributed by atoms with Crippen molar-refractivity contribution in [2.45, 2.75) is 25.8 Å². The lowest BCUT2D eigenvalue weighted by atomic mass is 10.0. The number of amides is 2. The first-order valence-electron chi connectivity index (χ1n) is 10.4. The SMILES string of the molecule is COc1ccccc1NC(=O)Cn1c(=O)cc(C(=O)N2CCCCC2)c2ccccc21. The molecule has 7 nitrogen and oxygen atoms in total. The van der Waals surface area contributed by atoms with Crippen molar-refractivity contribution < 1.29 is 14.3 Å². The van der Waals surface area contributed by atoms with Gasteiger partial charge in [-0.05, 0) is 37.5 Å². The molecule has 1 aliphatic rings. The van der Waals surface area contributed by atoms with Crippen LogP contribution in [-0.2, 0) is 11.3 Å². The Hall–Kier alpha value is -3.61. The van der Waals surface area contributed by atoms with Crippen molar-refractivity contribution >= 4 is 28.4 Å². The van der Waals surface area contributed by atoms with Crippen molar-refractivity contribution in [3.63, 3.8) is 0 Å². The van der Waals surface area contributed by atoms with Crippen LogP contribution in [0.2, 0.25) is 0 Å². The molecule has 0 spiro atoms. The first-order chi connectivity index (χ1) is 15.1. The lowest BCUT2D eigenvalue weighted by Crippen LogP contribution is -2.37. The van der Waals surface area contributed by atoms with Crippen LogP contribution in [-0.4, -0.2) is 41.5 Å². The highest BCUT2D eigenvalue weighted by molar-refractivity contribution is 6.06. The summed E-state index contributed by atoms with van der Waals surface area (Å²) in [7, 11) is 1.53. The Morgan fingerprint density at radius 1 is 1.00 bits per heavy atom. The minimum Gasteiger partial charge on any atom is -0.495 e. The Morgan fingerprint density at radius 3 is 2.48 bits per heavy atom. The number of piperidine rings is 1. The molecule has 1 fully saturated rings. The van der Waals surface area contributed by atoms with Gasteiger partial charge in [0.25, 0.3) is 11.5 Å². The van der Waals surface area contributed by atoms with Gasteiger partial charge in [0, 0.05) is 24.5 Å². The van der Waals surface area contributed by atoms with Gasteiger partial charge in [0.05, 0.1) is 23.9 Å². The molecule has 160 valence electrons. The predicted molar refractivity (Wildman–Crippen MR) is 120 cm³/mol. The normalized spacial score (nSPS) is 13.8. The third-order valence-corrected chi connectivity index (χ3v) is 5.58. The van der Waals surface area contributed by atoms with Crippen LogP contribution in [0.1, 0.15) is 29.6 Å². The van der Waals surface area contributed by atoms with Crippen LogP contribution >= 0.6 is 0 Å². The Balaban J connectivity index is 1.66. The zero-order valence-electron chi connectivity index (χ0n) is 17.5. The van der Waals surface area contributed by atoms with E-state index in [4.69, 9.17) is 4.74 Å². The standard InChI is InChI=1S/C24H25N3O4/c1-31-21-12-6-4-10-19(21)25-22(28)16-27-20-11-5-3-9-17(20)18(15-23(27)29)24(30)26-13-7-2-8-14-26/h3-6,9-12,15H,2,7-8,13-14,16H2,1H3,(H,25,28). The summed E-state index contributed by atoms with van der Waals surface area (Å²) in [5, 5.41) is 3.46. The van der Waals surface area contributed by atoms with Crippen molar-refractivity contribution in [1.82, 2.24) is 9.47 Å². The molecule has 2 heterocycles. The minimum absolute atomic E-state index is 0.126. The topological polar surface area (TPSA) is 80.6 Å². The second-order valence-electron chi connectivity index (χ2n) is 7.60. The van der Waals surface area contributed by atoms with Gasteiger partial charge in [-0.2, -0.15) is 0 Å². The number of nitrogens with one attached hydrogen (secondary N) is 1. The lowest BCUT2D eigenvalue weighted by molar-refractivity contribution is -0.116. The number of carbonyl (C=O) groups is 2. The van der Waals surface area contributed by atoms with Crippen LogP contribution in [0.4, 0.5) is 5.69 Å². The van der Waals surface area contributed by atoms with Crippen molar-refractivity contribution in [2.75, 3.05) is 25.5 Å². The molecule has 1 N–H and O–H groups in total. The summed E-state index contributed by atoms with van der Waals surface area (Å²) in [6.45, 7) is 1.24. The first-order valence-corrected chi connectivity index (χ1v) is 10.4. The first kappa shape index (κ1) is 20.7. The van der Waals surface area contributed by atoms with Crippen LogP contribution in [0.5, 0.6) is 5.75 Å². The van der Waals surface area contributed by atoms with Crippen LogP contribution in [0.25, 0.3) is 10.9 Å². The van der Waals surface area contributed by atoms with Crippen LogP contribution in [0.3, 0.4) is 0 Å². The monoisotopic (exact) mass is 419 g/mol. The van der Waals surface area contributed by atoms with E-state index in [0.29, 0.717) is 41.0 Å². The third-order valence-electron chi connectivity index (χ3n) is 5.58. The maximum absolute atomic E-state index is 13.1. The second kappa shape index (κ2) is 9.04. The number of likely N-dealkylation sites (tertiary alicyclic amines) is 1. The van der Waals surface area contributed by atoms with E-state index in [0.717, 1.165) is 19.3 Å². The van der Waals surface area contributed by atoms with Crippen molar-refractivity contribution in [1.29, 1.82) is 0 Å². The number of ether oxygens (including phenoxy) is 1. The quantitative estimate of drug-likeness (QED) is 0.688. The number of fused-ring (bicyclic) bond motifs is 1. The summed E-state index contributed by atoms with van der Waals surface area (Å²) >= 11 is 0. The van der Waals surface area contributed by atoms with Gasteiger partial charge in [-0.15, -0.1) is 0 Å². The average molecular weight is 419 g/mol. The van der Waals surface area contributed by atoms with Gasteiger partial charge in [-0.3, -0.25) is 19.0 Å². The fraction of sp³-hybridized carbons (Fsp3) is 0.292. The molecular formula is C24H25N3O4. The highest BCUT2D eigenvalue weighted by Gasteiger charge is 2.22. The van der Waals surface area contributed by atoms with E-state index in [2.05, 4.69) is 5.32 Å². The molecule has 1 saturated heterocycles. The molecule has 7 heteroatoms. The second-order valence-corrected chi connectivity index (χ2v) is 7.60. The highest BCUT2D eigenvalue weighted by Crippen LogP contribution is 2.24. The molecule has 0 saturated carbocycles. The Morgan fingerprint density at radius 2 is 1.71 bits per heavy atom. The van der Waals surface area contributed by atoms with Gasteiger partial charge in [-0.25, -0.2) is 0 Å². The van der Waals surface area contributed by atoms with E-state index in [1.54, 1.807) is 30.3 Å². The number of nitrogens with zero attached hydrogens (tertiary/aromatic N) is 2. The van der Waals surface area contributed by atoms with Gasteiger partial charge in [0.15, 0.2) is 0 Å². The van der Waals surface area contributed by atoms with Crippen LogP contribution in [0.15, 0.2) is 59.4 Å². The number of pyridine rings is 1. The number of anilines is 1. The number of para-hydroxylation sites is 3. The molecule has 0 aliphatic carbocycles. The van der Waals surface area contributed by atoms with Crippen LogP contribution < -0.4 is 15.6 Å². The fourth-order valence-corrected chi connectivity index (χ4v) is 4.02. The van der Waals surface area contributed by atoms with E-state index in [9.17, 15) is 14.4 Å². The molecule has 4 rings (SSSR count). The van der Waals surface area contributed by atoms with E-state index in [1.807, 2.05) is 23.1 Å². The number of rotatable bonds is 5. The fourth-order valence-electron chi connectivity index (χ4n) is 4.02. The number of carbonyl (C=O) groups excluding carboxylic acids is 2. The predicted octanol–water partition coefficient (Wildman–Crippen LogP) is 3.27. The van der Waals surface area contributed by atoms with Gasteiger partial charge < -0.3 is 15.0 Å².